The minimum atomic E-state index is -0.0708. The molecule has 2 fully saturated rings. The average molecular weight is 319 g/mol. The molecule has 3 heterocycles. The Morgan fingerprint density at radius 3 is 2.87 bits per heavy atom. The van der Waals surface area contributed by atoms with Gasteiger partial charge in [-0.25, -0.2) is 4.98 Å². The molecule has 0 bridgehead atoms. The Labute approximate surface area is 136 Å². The van der Waals surface area contributed by atoms with Crippen LogP contribution in [0.2, 0.25) is 0 Å². The van der Waals surface area contributed by atoms with Gasteiger partial charge in [0.15, 0.2) is 5.89 Å². The maximum Gasteiger partial charge on any atom is 0.223 e. The van der Waals surface area contributed by atoms with E-state index in [1.165, 1.54) is 0 Å². The van der Waals surface area contributed by atoms with Crippen molar-refractivity contribution in [1.29, 1.82) is 0 Å². The van der Waals surface area contributed by atoms with E-state index in [2.05, 4.69) is 31.1 Å². The molecule has 0 aliphatic carbocycles. The van der Waals surface area contributed by atoms with E-state index in [4.69, 9.17) is 4.42 Å². The molecule has 1 aromatic rings. The van der Waals surface area contributed by atoms with E-state index >= 15 is 0 Å². The van der Waals surface area contributed by atoms with Crippen molar-refractivity contribution in [1.82, 2.24) is 15.2 Å². The molecule has 1 unspecified atom stereocenters. The maximum atomic E-state index is 12.4. The number of amides is 2. The number of hydrogen-bond donors (Lipinski definition) is 1. The molecule has 1 aromatic heterocycles. The average Bonchev–Trinajstić information content (AvgIpc) is 3.17. The van der Waals surface area contributed by atoms with Crippen LogP contribution in [0.5, 0.6) is 0 Å². The third kappa shape index (κ3) is 3.41. The second kappa shape index (κ2) is 5.65. The van der Waals surface area contributed by atoms with Crippen molar-refractivity contribution in [3.05, 3.63) is 17.8 Å². The first-order chi connectivity index (χ1) is 10.8. The smallest absolute Gasteiger partial charge is 0.223 e. The SMILES string of the molecule is CC(C)(C)c1cnc(CCC(=O)N2CCC3(CNC(=O)C3)C2)o1. The van der Waals surface area contributed by atoms with Gasteiger partial charge in [0.05, 0.1) is 6.20 Å². The monoisotopic (exact) mass is 319 g/mol. The van der Waals surface area contributed by atoms with Gasteiger partial charge in [-0.2, -0.15) is 0 Å². The summed E-state index contributed by atoms with van der Waals surface area (Å²) in [7, 11) is 0. The van der Waals surface area contributed by atoms with Crippen LogP contribution in [-0.2, 0) is 21.4 Å². The fourth-order valence-corrected chi connectivity index (χ4v) is 3.33. The number of nitrogens with one attached hydrogen (secondary N) is 1. The Kier molecular flexibility index (Phi) is 3.94. The zero-order valence-electron chi connectivity index (χ0n) is 14.1. The normalized spacial score (nSPS) is 24.5. The summed E-state index contributed by atoms with van der Waals surface area (Å²) in [6.07, 6.45) is 4.13. The number of carbonyl (C=O) groups is 2. The molecule has 6 nitrogen and oxygen atoms in total. The van der Waals surface area contributed by atoms with Crippen molar-refractivity contribution in [2.45, 2.75) is 51.9 Å². The van der Waals surface area contributed by atoms with Gasteiger partial charge in [-0.3, -0.25) is 9.59 Å². The van der Waals surface area contributed by atoms with Gasteiger partial charge in [0.1, 0.15) is 5.76 Å². The third-order valence-corrected chi connectivity index (χ3v) is 4.83. The number of rotatable bonds is 3. The van der Waals surface area contributed by atoms with Crippen molar-refractivity contribution < 1.29 is 14.0 Å². The fraction of sp³-hybridized carbons (Fsp3) is 0.706. The summed E-state index contributed by atoms with van der Waals surface area (Å²) in [6.45, 7) is 8.34. The molecular formula is C17H25N3O3. The number of aromatic nitrogens is 1. The summed E-state index contributed by atoms with van der Waals surface area (Å²) in [4.78, 5) is 30.0. The fourth-order valence-electron chi connectivity index (χ4n) is 3.33. The van der Waals surface area contributed by atoms with Crippen LogP contribution in [0.3, 0.4) is 0 Å². The molecule has 2 aliphatic rings. The topological polar surface area (TPSA) is 75.4 Å². The van der Waals surface area contributed by atoms with Crippen LogP contribution in [-0.4, -0.2) is 41.3 Å². The molecule has 2 saturated heterocycles. The summed E-state index contributed by atoms with van der Waals surface area (Å²) in [6, 6.07) is 0. The van der Waals surface area contributed by atoms with E-state index in [0.717, 1.165) is 18.7 Å². The van der Waals surface area contributed by atoms with E-state index in [9.17, 15) is 9.59 Å². The minimum Gasteiger partial charge on any atom is -0.445 e. The standard InChI is InChI=1S/C17H25N3O3/c1-16(2,3)12-9-18-14(23-12)4-5-15(22)20-7-6-17(11-20)8-13(21)19-10-17/h9H,4-8,10-11H2,1-3H3,(H,19,21). The summed E-state index contributed by atoms with van der Waals surface area (Å²) in [5.41, 5.74) is -0.103. The van der Waals surface area contributed by atoms with Gasteiger partial charge in [-0.05, 0) is 6.42 Å². The van der Waals surface area contributed by atoms with Crippen LogP contribution in [0.1, 0.15) is 51.7 Å². The first kappa shape index (κ1) is 16.0. The quantitative estimate of drug-likeness (QED) is 0.919. The van der Waals surface area contributed by atoms with Crippen LogP contribution in [0.4, 0.5) is 0 Å². The van der Waals surface area contributed by atoms with Gasteiger partial charge in [0.25, 0.3) is 0 Å². The lowest BCUT2D eigenvalue weighted by Crippen LogP contribution is -2.33. The summed E-state index contributed by atoms with van der Waals surface area (Å²) < 4.78 is 5.73. The van der Waals surface area contributed by atoms with Gasteiger partial charge < -0.3 is 14.6 Å². The second-order valence-corrected chi connectivity index (χ2v) is 7.89. The van der Waals surface area contributed by atoms with Gasteiger partial charge in [-0.1, -0.05) is 20.8 Å². The summed E-state index contributed by atoms with van der Waals surface area (Å²) in [5.74, 6) is 1.69. The first-order valence-corrected chi connectivity index (χ1v) is 8.27. The van der Waals surface area contributed by atoms with E-state index < -0.39 is 0 Å². The largest absolute Gasteiger partial charge is 0.445 e. The van der Waals surface area contributed by atoms with E-state index in [-0.39, 0.29) is 22.6 Å². The highest BCUT2D eigenvalue weighted by molar-refractivity contribution is 5.80. The summed E-state index contributed by atoms with van der Waals surface area (Å²) in [5, 5.41) is 2.88. The minimum absolute atomic E-state index is 0.0327. The Bertz CT molecular complexity index is 617. The Hall–Kier alpha value is -1.85. The van der Waals surface area contributed by atoms with Crippen molar-refractivity contribution in [3.8, 4) is 0 Å². The third-order valence-electron chi connectivity index (χ3n) is 4.83. The number of nitrogens with zero attached hydrogens (tertiary/aromatic N) is 2. The molecule has 2 aliphatic heterocycles. The van der Waals surface area contributed by atoms with Crippen molar-refractivity contribution in [3.63, 3.8) is 0 Å². The lowest BCUT2D eigenvalue weighted by Gasteiger charge is -2.21. The van der Waals surface area contributed by atoms with Crippen LogP contribution >= 0.6 is 0 Å². The lowest BCUT2D eigenvalue weighted by atomic mass is 9.86. The Morgan fingerprint density at radius 1 is 1.48 bits per heavy atom. The van der Waals surface area contributed by atoms with Gasteiger partial charge >= 0.3 is 0 Å². The number of carbonyl (C=O) groups excluding carboxylic acids is 2. The first-order valence-electron chi connectivity index (χ1n) is 8.27. The molecular weight excluding hydrogens is 294 g/mol. The van der Waals surface area contributed by atoms with Crippen LogP contribution in [0.25, 0.3) is 0 Å². The van der Waals surface area contributed by atoms with Crippen LogP contribution in [0, 0.1) is 5.41 Å². The predicted octanol–water partition coefficient (Wildman–Crippen LogP) is 1.64. The molecule has 0 aromatic carbocycles. The van der Waals surface area contributed by atoms with Crippen LogP contribution in [0.15, 0.2) is 10.6 Å². The Balaban J connectivity index is 1.52. The highest BCUT2D eigenvalue weighted by Crippen LogP contribution is 2.36. The molecule has 1 spiro atoms. The van der Waals surface area contributed by atoms with Gasteiger partial charge in [-0.15, -0.1) is 0 Å². The zero-order chi connectivity index (χ0) is 16.7. The molecule has 1 atom stereocenters. The molecule has 6 heteroatoms. The summed E-state index contributed by atoms with van der Waals surface area (Å²) >= 11 is 0. The number of aryl methyl sites for hydroxylation is 1. The van der Waals surface area contributed by atoms with E-state index in [1.54, 1.807) is 6.20 Å². The highest BCUT2D eigenvalue weighted by Gasteiger charge is 2.44. The zero-order valence-corrected chi connectivity index (χ0v) is 14.1. The number of hydrogen-bond acceptors (Lipinski definition) is 4. The Morgan fingerprint density at radius 2 is 2.26 bits per heavy atom. The highest BCUT2D eigenvalue weighted by atomic mass is 16.4. The molecule has 2 amide bonds. The van der Waals surface area contributed by atoms with E-state index in [0.29, 0.717) is 38.2 Å². The van der Waals surface area contributed by atoms with Crippen molar-refractivity contribution in [2.24, 2.45) is 5.41 Å². The van der Waals surface area contributed by atoms with Crippen molar-refractivity contribution >= 4 is 11.8 Å². The van der Waals surface area contributed by atoms with Crippen molar-refractivity contribution in [2.75, 3.05) is 19.6 Å². The van der Waals surface area contributed by atoms with Gasteiger partial charge in [0, 0.05) is 49.7 Å². The van der Waals surface area contributed by atoms with Crippen LogP contribution < -0.4 is 5.32 Å². The maximum absolute atomic E-state index is 12.4. The number of oxazole rings is 1. The molecule has 0 radical (unpaired) electrons. The molecule has 1 N–H and O–H groups in total. The molecule has 23 heavy (non-hydrogen) atoms. The van der Waals surface area contributed by atoms with E-state index in [1.807, 2.05) is 4.90 Å². The second-order valence-electron chi connectivity index (χ2n) is 7.89. The number of likely N-dealkylation sites (tertiary alicyclic amines) is 1. The van der Waals surface area contributed by atoms with Gasteiger partial charge in [0.2, 0.25) is 11.8 Å². The molecule has 3 rings (SSSR count). The lowest BCUT2D eigenvalue weighted by molar-refractivity contribution is -0.130. The predicted molar refractivity (Wildman–Crippen MR) is 84.8 cm³/mol. The molecule has 0 saturated carbocycles. The molecule has 126 valence electrons.